The van der Waals surface area contributed by atoms with Crippen LogP contribution in [0.15, 0.2) is 52.4 Å². The number of nitrogens with two attached hydrogens (primary N) is 1. The summed E-state index contributed by atoms with van der Waals surface area (Å²) in [7, 11) is 0. The lowest BCUT2D eigenvalue weighted by Gasteiger charge is -2.19. The normalized spacial score (nSPS) is 11.2. The van der Waals surface area contributed by atoms with Gasteiger partial charge in [-0.3, -0.25) is 4.90 Å². The van der Waals surface area contributed by atoms with E-state index in [9.17, 15) is 0 Å². The van der Waals surface area contributed by atoms with E-state index in [1.807, 2.05) is 35.7 Å². The van der Waals surface area contributed by atoms with Crippen molar-refractivity contribution in [2.24, 2.45) is 5.73 Å². The molecular formula is C16H18N4OS. The molecule has 2 aromatic heterocycles. The minimum atomic E-state index is 0.596. The molecular weight excluding hydrogens is 296 g/mol. The molecule has 0 aliphatic heterocycles. The second-order valence-corrected chi connectivity index (χ2v) is 5.92. The van der Waals surface area contributed by atoms with Gasteiger partial charge in [0.25, 0.3) is 0 Å². The van der Waals surface area contributed by atoms with E-state index in [4.69, 9.17) is 10.3 Å². The topological polar surface area (TPSA) is 68.2 Å². The van der Waals surface area contributed by atoms with E-state index in [0.29, 0.717) is 24.8 Å². The molecule has 0 fully saturated rings. The Morgan fingerprint density at radius 1 is 1.09 bits per heavy atom. The molecule has 0 bridgehead atoms. The van der Waals surface area contributed by atoms with Crippen LogP contribution in [0.25, 0.3) is 10.7 Å². The van der Waals surface area contributed by atoms with Crippen LogP contribution >= 0.6 is 11.3 Å². The molecule has 1 aromatic carbocycles. The molecule has 0 atom stereocenters. The van der Waals surface area contributed by atoms with Gasteiger partial charge in [0.15, 0.2) is 0 Å². The fourth-order valence-corrected chi connectivity index (χ4v) is 2.90. The first-order chi connectivity index (χ1) is 10.8. The summed E-state index contributed by atoms with van der Waals surface area (Å²) in [4.78, 5) is 7.69. The van der Waals surface area contributed by atoms with Crippen molar-refractivity contribution in [3.8, 4) is 10.7 Å². The maximum Gasteiger partial charge on any atom is 0.241 e. The summed E-state index contributed by atoms with van der Waals surface area (Å²) in [5.41, 5.74) is 6.96. The first kappa shape index (κ1) is 14.9. The number of benzene rings is 1. The van der Waals surface area contributed by atoms with Crippen LogP contribution < -0.4 is 5.73 Å². The van der Waals surface area contributed by atoms with E-state index < -0.39 is 0 Å². The summed E-state index contributed by atoms with van der Waals surface area (Å²) in [6.45, 7) is 2.80. The van der Waals surface area contributed by atoms with E-state index in [-0.39, 0.29) is 0 Å². The fourth-order valence-electron chi connectivity index (χ4n) is 2.25. The highest BCUT2D eigenvalue weighted by atomic mass is 32.1. The minimum Gasteiger partial charge on any atom is -0.338 e. The van der Waals surface area contributed by atoms with Crippen LogP contribution in [-0.2, 0) is 13.1 Å². The standard InChI is InChI=1S/C16H18N4OS/c17-8-9-20(11-13-5-2-1-3-6-13)12-15-18-16(19-21-15)14-7-4-10-22-14/h1-7,10H,8-9,11-12,17H2. The maximum atomic E-state index is 5.71. The lowest BCUT2D eigenvalue weighted by atomic mass is 10.2. The number of hydrogen-bond donors (Lipinski definition) is 1. The molecule has 0 spiro atoms. The third-order valence-corrected chi connectivity index (χ3v) is 4.13. The van der Waals surface area contributed by atoms with Gasteiger partial charge in [-0.2, -0.15) is 4.98 Å². The molecule has 3 aromatic rings. The van der Waals surface area contributed by atoms with Gasteiger partial charge in [-0.25, -0.2) is 0 Å². The van der Waals surface area contributed by atoms with E-state index >= 15 is 0 Å². The summed E-state index contributed by atoms with van der Waals surface area (Å²) in [6, 6.07) is 14.3. The monoisotopic (exact) mass is 314 g/mol. The average molecular weight is 314 g/mol. The van der Waals surface area contributed by atoms with Gasteiger partial charge in [0, 0.05) is 19.6 Å². The smallest absolute Gasteiger partial charge is 0.241 e. The van der Waals surface area contributed by atoms with Gasteiger partial charge in [-0.1, -0.05) is 41.6 Å². The van der Waals surface area contributed by atoms with E-state index in [1.54, 1.807) is 11.3 Å². The van der Waals surface area contributed by atoms with Crippen LogP contribution in [0.1, 0.15) is 11.5 Å². The first-order valence-corrected chi connectivity index (χ1v) is 8.06. The maximum absolute atomic E-state index is 5.71. The second kappa shape index (κ2) is 7.31. The largest absolute Gasteiger partial charge is 0.338 e. The third-order valence-electron chi connectivity index (χ3n) is 3.26. The summed E-state index contributed by atoms with van der Waals surface area (Å²) >= 11 is 1.60. The van der Waals surface area contributed by atoms with Crippen LogP contribution in [0.4, 0.5) is 0 Å². The molecule has 0 aliphatic rings. The molecule has 22 heavy (non-hydrogen) atoms. The molecule has 0 saturated heterocycles. The summed E-state index contributed by atoms with van der Waals surface area (Å²) in [6.07, 6.45) is 0. The Morgan fingerprint density at radius 2 is 1.95 bits per heavy atom. The zero-order chi connectivity index (χ0) is 15.2. The predicted molar refractivity (Wildman–Crippen MR) is 87.2 cm³/mol. The van der Waals surface area contributed by atoms with Gasteiger partial charge in [-0.05, 0) is 17.0 Å². The van der Waals surface area contributed by atoms with Gasteiger partial charge in [0.05, 0.1) is 11.4 Å². The molecule has 0 aliphatic carbocycles. The van der Waals surface area contributed by atoms with Gasteiger partial charge < -0.3 is 10.3 Å². The Balaban J connectivity index is 1.68. The van der Waals surface area contributed by atoms with Gasteiger partial charge >= 0.3 is 0 Å². The first-order valence-electron chi connectivity index (χ1n) is 7.18. The molecule has 0 amide bonds. The number of rotatable bonds is 7. The van der Waals surface area contributed by atoms with E-state index in [1.165, 1.54) is 5.56 Å². The summed E-state index contributed by atoms with van der Waals surface area (Å²) < 4.78 is 5.37. The molecule has 2 N–H and O–H groups in total. The van der Waals surface area contributed by atoms with E-state index in [2.05, 4.69) is 27.2 Å². The quantitative estimate of drug-likeness (QED) is 0.726. The fraction of sp³-hybridized carbons (Fsp3) is 0.250. The Hall–Kier alpha value is -2.02. The highest BCUT2D eigenvalue weighted by Crippen LogP contribution is 2.21. The highest BCUT2D eigenvalue weighted by molar-refractivity contribution is 7.13. The van der Waals surface area contributed by atoms with Crippen LogP contribution in [0.2, 0.25) is 0 Å². The van der Waals surface area contributed by atoms with Crippen molar-refractivity contribution in [3.05, 3.63) is 59.3 Å². The van der Waals surface area contributed by atoms with Gasteiger partial charge in [0.2, 0.25) is 11.7 Å². The Kier molecular flexibility index (Phi) is 4.95. The van der Waals surface area contributed by atoms with Crippen LogP contribution in [0, 0.1) is 0 Å². The molecule has 2 heterocycles. The lowest BCUT2D eigenvalue weighted by Crippen LogP contribution is -2.28. The molecule has 114 valence electrons. The summed E-state index contributed by atoms with van der Waals surface area (Å²) in [5.74, 6) is 1.27. The Morgan fingerprint density at radius 3 is 2.68 bits per heavy atom. The zero-order valence-corrected chi connectivity index (χ0v) is 13.0. The van der Waals surface area contributed by atoms with Gasteiger partial charge in [-0.15, -0.1) is 11.3 Å². The number of aromatic nitrogens is 2. The zero-order valence-electron chi connectivity index (χ0n) is 12.2. The van der Waals surface area contributed by atoms with Crippen molar-refractivity contribution >= 4 is 11.3 Å². The third kappa shape index (κ3) is 3.79. The molecule has 0 radical (unpaired) electrons. The van der Waals surface area contributed by atoms with E-state index in [0.717, 1.165) is 18.0 Å². The predicted octanol–water partition coefficient (Wildman–Crippen LogP) is 2.76. The van der Waals surface area contributed by atoms with Crippen LogP contribution in [-0.4, -0.2) is 28.1 Å². The molecule has 3 rings (SSSR count). The van der Waals surface area contributed by atoms with Crippen molar-refractivity contribution < 1.29 is 4.52 Å². The molecule has 5 nitrogen and oxygen atoms in total. The van der Waals surface area contributed by atoms with Crippen molar-refractivity contribution in [3.63, 3.8) is 0 Å². The molecule has 0 saturated carbocycles. The molecule has 0 unspecified atom stereocenters. The second-order valence-electron chi connectivity index (χ2n) is 4.97. The summed E-state index contributed by atoms with van der Waals surface area (Å²) in [5, 5.41) is 6.05. The van der Waals surface area contributed by atoms with Gasteiger partial charge in [0.1, 0.15) is 0 Å². The average Bonchev–Trinajstić information content (AvgIpc) is 3.19. The van der Waals surface area contributed by atoms with Crippen molar-refractivity contribution in [2.45, 2.75) is 13.1 Å². The van der Waals surface area contributed by atoms with Crippen molar-refractivity contribution in [1.82, 2.24) is 15.0 Å². The van der Waals surface area contributed by atoms with Crippen LogP contribution in [0.5, 0.6) is 0 Å². The van der Waals surface area contributed by atoms with Crippen molar-refractivity contribution in [2.75, 3.05) is 13.1 Å². The number of nitrogens with zero attached hydrogens (tertiary/aromatic N) is 3. The number of thiophene rings is 1. The number of hydrogen-bond acceptors (Lipinski definition) is 6. The minimum absolute atomic E-state index is 0.596. The SMILES string of the molecule is NCCN(Cc1ccccc1)Cc1nc(-c2cccs2)no1. The lowest BCUT2D eigenvalue weighted by molar-refractivity contribution is 0.224. The van der Waals surface area contributed by atoms with Crippen molar-refractivity contribution in [1.29, 1.82) is 0 Å². The molecule has 6 heteroatoms. The van der Waals surface area contributed by atoms with Crippen LogP contribution in [0.3, 0.4) is 0 Å². The Bertz CT molecular complexity index is 681. The Labute approximate surface area is 133 Å². The highest BCUT2D eigenvalue weighted by Gasteiger charge is 2.13.